The Morgan fingerprint density at radius 3 is 2.39 bits per heavy atom. The fourth-order valence-corrected chi connectivity index (χ4v) is 3.00. The first-order valence-corrected chi connectivity index (χ1v) is 9.44. The van der Waals surface area contributed by atoms with Crippen LogP contribution in [-0.2, 0) is 6.18 Å². The molecular weight excluding hydrogens is 456 g/mol. The molecule has 0 spiro atoms. The molecule has 3 aromatic carbocycles. The number of alkyl halides is 3. The van der Waals surface area contributed by atoms with Gasteiger partial charge in [-0.25, -0.2) is 0 Å². The molecule has 0 fully saturated rings. The van der Waals surface area contributed by atoms with Crippen molar-refractivity contribution in [1.29, 1.82) is 0 Å². The van der Waals surface area contributed by atoms with E-state index >= 15 is 0 Å². The zero-order chi connectivity index (χ0) is 22.8. The van der Waals surface area contributed by atoms with Crippen LogP contribution in [0.15, 0.2) is 59.6 Å². The molecule has 3 aromatic rings. The lowest BCUT2D eigenvalue weighted by atomic mass is 10.1. The van der Waals surface area contributed by atoms with Gasteiger partial charge in [-0.1, -0.05) is 29.3 Å². The Hall–Kier alpha value is -3.10. The lowest BCUT2D eigenvalue weighted by Crippen LogP contribution is -2.06. The normalized spacial score (nSPS) is 11.7. The Morgan fingerprint density at radius 1 is 1.03 bits per heavy atom. The average Bonchev–Trinajstić information content (AvgIpc) is 2.70. The molecule has 3 rings (SSSR count). The van der Waals surface area contributed by atoms with E-state index in [1.54, 1.807) is 30.5 Å². The molecule has 0 aliphatic rings. The van der Waals surface area contributed by atoms with Crippen molar-refractivity contribution in [2.24, 2.45) is 4.99 Å². The van der Waals surface area contributed by atoms with Crippen molar-refractivity contribution in [2.45, 2.75) is 13.1 Å². The highest BCUT2D eigenvalue weighted by molar-refractivity contribution is 6.32. The number of rotatable bonds is 5. The van der Waals surface area contributed by atoms with Crippen LogP contribution in [0.3, 0.4) is 0 Å². The Morgan fingerprint density at radius 2 is 1.74 bits per heavy atom. The fraction of sp³-hybridized carbons (Fsp3) is 0.0952. The number of hydrogen-bond acceptors (Lipinski definition) is 4. The van der Waals surface area contributed by atoms with Crippen LogP contribution in [0.4, 0.5) is 24.5 Å². The van der Waals surface area contributed by atoms with Gasteiger partial charge in [-0.15, -0.1) is 0 Å². The summed E-state index contributed by atoms with van der Waals surface area (Å²) in [6.07, 6.45) is -3.17. The largest absolute Gasteiger partial charge is 0.449 e. The van der Waals surface area contributed by atoms with Gasteiger partial charge >= 0.3 is 11.9 Å². The Balaban J connectivity index is 1.86. The molecule has 0 bridgehead atoms. The smallest absolute Gasteiger partial charge is 0.416 e. The first kappa shape index (κ1) is 22.6. The Labute approximate surface area is 184 Å². The summed E-state index contributed by atoms with van der Waals surface area (Å²) in [5.41, 5.74) is 0.109. The molecule has 0 saturated carbocycles. The molecule has 0 aliphatic carbocycles. The van der Waals surface area contributed by atoms with E-state index in [0.29, 0.717) is 28.4 Å². The van der Waals surface area contributed by atoms with Crippen LogP contribution in [0.25, 0.3) is 0 Å². The molecule has 0 heterocycles. The van der Waals surface area contributed by atoms with Gasteiger partial charge in [0.1, 0.15) is 5.75 Å². The third-order valence-electron chi connectivity index (χ3n) is 4.25. The van der Waals surface area contributed by atoms with Gasteiger partial charge in [0, 0.05) is 17.3 Å². The van der Waals surface area contributed by atoms with E-state index in [1.165, 1.54) is 12.1 Å². The predicted molar refractivity (Wildman–Crippen MR) is 113 cm³/mol. The quantitative estimate of drug-likeness (QED) is 0.218. The van der Waals surface area contributed by atoms with Crippen LogP contribution in [0.2, 0.25) is 10.0 Å². The molecule has 0 amide bonds. The maximum atomic E-state index is 12.8. The predicted octanol–water partition coefficient (Wildman–Crippen LogP) is 7.77. The van der Waals surface area contributed by atoms with Crippen LogP contribution < -0.4 is 4.74 Å². The highest BCUT2D eigenvalue weighted by Crippen LogP contribution is 2.39. The Kier molecular flexibility index (Phi) is 6.52. The molecule has 10 heteroatoms. The van der Waals surface area contributed by atoms with E-state index in [0.717, 1.165) is 11.6 Å². The van der Waals surface area contributed by atoms with E-state index in [2.05, 4.69) is 4.99 Å². The van der Waals surface area contributed by atoms with Crippen molar-refractivity contribution >= 4 is 40.8 Å². The first-order chi connectivity index (χ1) is 14.6. The van der Waals surface area contributed by atoms with Gasteiger partial charge < -0.3 is 4.74 Å². The SMILES string of the molecule is Cc1c(Cl)cccc1N=Cc1ccc(Oc2ccc(C(F)(F)F)cc2[N+](=O)[O-])c(Cl)c1. The zero-order valence-corrected chi connectivity index (χ0v) is 17.3. The number of aliphatic imine (C=N–C) groups is 1. The number of nitro groups is 1. The van der Waals surface area contributed by atoms with Gasteiger partial charge in [-0.3, -0.25) is 15.1 Å². The standard InChI is InChI=1S/C21H13Cl2F3N2O3/c1-12-15(22)3-2-4-17(12)27-11-13-5-7-19(16(23)9-13)31-20-8-6-14(21(24,25)26)10-18(20)28(29)30/h2-11H,1H3. The molecule has 31 heavy (non-hydrogen) atoms. The van der Waals surface area contributed by atoms with Gasteiger partial charge in [-0.05, 0) is 60.5 Å². The number of hydrogen-bond donors (Lipinski definition) is 0. The molecule has 160 valence electrons. The molecule has 0 saturated heterocycles. The van der Waals surface area contributed by atoms with Crippen LogP contribution in [0.1, 0.15) is 16.7 Å². The third kappa shape index (κ3) is 5.34. The monoisotopic (exact) mass is 468 g/mol. The first-order valence-electron chi connectivity index (χ1n) is 8.68. The number of ether oxygens (including phenoxy) is 1. The number of benzene rings is 3. The molecule has 0 aliphatic heterocycles. The molecule has 0 radical (unpaired) electrons. The molecule has 0 atom stereocenters. The maximum absolute atomic E-state index is 12.8. The van der Waals surface area contributed by atoms with E-state index < -0.39 is 22.4 Å². The lowest BCUT2D eigenvalue weighted by molar-refractivity contribution is -0.385. The molecule has 0 unspecified atom stereocenters. The van der Waals surface area contributed by atoms with Crippen molar-refractivity contribution < 1.29 is 22.8 Å². The van der Waals surface area contributed by atoms with Crippen LogP contribution >= 0.6 is 23.2 Å². The van der Waals surface area contributed by atoms with Crippen molar-refractivity contribution in [3.05, 3.63) is 91.4 Å². The van der Waals surface area contributed by atoms with E-state index in [9.17, 15) is 23.3 Å². The topological polar surface area (TPSA) is 64.7 Å². The minimum absolute atomic E-state index is 0.0422. The summed E-state index contributed by atoms with van der Waals surface area (Å²) in [4.78, 5) is 14.6. The van der Waals surface area contributed by atoms with Gasteiger partial charge in [0.05, 0.1) is 21.2 Å². The summed E-state index contributed by atoms with van der Waals surface area (Å²) in [6, 6.07) is 11.9. The maximum Gasteiger partial charge on any atom is 0.416 e. The third-order valence-corrected chi connectivity index (χ3v) is 4.96. The molecular formula is C21H13Cl2F3N2O3. The second kappa shape index (κ2) is 8.95. The molecule has 0 N–H and O–H groups in total. The van der Waals surface area contributed by atoms with Gasteiger partial charge in [0.2, 0.25) is 5.75 Å². The lowest BCUT2D eigenvalue weighted by Gasteiger charge is -2.11. The van der Waals surface area contributed by atoms with Crippen molar-refractivity contribution in [3.8, 4) is 11.5 Å². The van der Waals surface area contributed by atoms with E-state index in [1.807, 2.05) is 6.92 Å². The molecule has 5 nitrogen and oxygen atoms in total. The number of halogens is 5. The Bertz CT molecular complexity index is 1180. The van der Waals surface area contributed by atoms with Gasteiger partial charge in [0.15, 0.2) is 0 Å². The van der Waals surface area contributed by atoms with Crippen LogP contribution in [0, 0.1) is 17.0 Å². The van der Waals surface area contributed by atoms with Crippen LogP contribution in [0.5, 0.6) is 11.5 Å². The summed E-state index contributed by atoms with van der Waals surface area (Å²) >= 11 is 12.3. The van der Waals surface area contributed by atoms with Crippen molar-refractivity contribution in [1.82, 2.24) is 0 Å². The van der Waals surface area contributed by atoms with Crippen LogP contribution in [-0.4, -0.2) is 11.1 Å². The fourth-order valence-electron chi connectivity index (χ4n) is 2.60. The second-order valence-electron chi connectivity index (χ2n) is 6.37. The van der Waals surface area contributed by atoms with Crippen molar-refractivity contribution in [2.75, 3.05) is 0 Å². The summed E-state index contributed by atoms with van der Waals surface area (Å²) in [5.74, 6) is -0.323. The van der Waals surface area contributed by atoms with Gasteiger partial charge in [-0.2, -0.15) is 13.2 Å². The molecule has 0 aromatic heterocycles. The minimum atomic E-state index is -4.72. The van der Waals surface area contributed by atoms with Crippen molar-refractivity contribution in [3.63, 3.8) is 0 Å². The van der Waals surface area contributed by atoms with E-state index in [-0.39, 0.29) is 16.5 Å². The average molecular weight is 469 g/mol. The highest BCUT2D eigenvalue weighted by Gasteiger charge is 2.33. The minimum Gasteiger partial charge on any atom is -0.449 e. The highest BCUT2D eigenvalue weighted by atomic mass is 35.5. The summed E-state index contributed by atoms with van der Waals surface area (Å²) in [6.45, 7) is 1.83. The number of nitrogens with zero attached hydrogens (tertiary/aromatic N) is 2. The zero-order valence-electron chi connectivity index (χ0n) is 15.8. The van der Waals surface area contributed by atoms with Gasteiger partial charge in [0.25, 0.3) is 0 Å². The summed E-state index contributed by atoms with van der Waals surface area (Å²) in [7, 11) is 0. The van der Waals surface area contributed by atoms with E-state index in [4.69, 9.17) is 27.9 Å². The summed E-state index contributed by atoms with van der Waals surface area (Å²) < 4.78 is 43.9. The number of nitro benzene ring substituents is 1. The second-order valence-corrected chi connectivity index (χ2v) is 7.19. The summed E-state index contributed by atoms with van der Waals surface area (Å²) in [5, 5.41) is 11.9.